The van der Waals surface area contributed by atoms with Gasteiger partial charge in [-0.2, -0.15) is 0 Å². The van der Waals surface area contributed by atoms with Crippen LogP contribution < -0.4 is 9.47 Å². The van der Waals surface area contributed by atoms with E-state index in [0.29, 0.717) is 5.56 Å². The highest BCUT2D eigenvalue weighted by Gasteiger charge is 2.11. The van der Waals surface area contributed by atoms with Crippen LogP contribution in [0.25, 0.3) is 6.08 Å². The summed E-state index contributed by atoms with van der Waals surface area (Å²) >= 11 is 0. The second kappa shape index (κ2) is 9.88. The molecule has 0 saturated carbocycles. The largest absolute Gasteiger partial charge is 0.478 e. The lowest BCUT2D eigenvalue weighted by Crippen LogP contribution is -2.15. The normalized spacial score (nSPS) is 10.1. The molecule has 0 heterocycles. The molecule has 0 spiro atoms. The van der Waals surface area contributed by atoms with Crippen LogP contribution in [0.4, 0.5) is 0 Å². The van der Waals surface area contributed by atoms with Crippen LogP contribution in [0.5, 0.6) is 11.5 Å². The Morgan fingerprint density at radius 2 is 1.46 bits per heavy atom. The Morgan fingerprint density at radius 3 is 2.00 bits per heavy atom. The van der Waals surface area contributed by atoms with Crippen molar-refractivity contribution in [1.29, 1.82) is 0 Å². The van der Waals surface area contributed by atoms with Crippen molar-refractivity contribution in [3.63, 3.8) is 0 Å². The number of hydrogen-bond donors (Lipinski definition) is 0. The summed E-state index contributed by atoms with van der Waals surface area (Å²) in [6.45, 7) is -0.655. The molecule has 130 valence electrons. The number of carbonyl (C=O) groups excluding carboxylic acids is 3. The third-order valence-electron chi connectivity index (χ3n) is 2.73. The number of benzene rings is 1. The molecule has 0 saturated heterocycles. The van der Waals surface area contributed by atoms with Crippen molar-refractivity contribution in [2.75, 3.05) is 34.5 Å². The summed E-state index contributed by atoms with van der Waals surface area (Å²) in [4.78, 5) is 33.5. The fraction of sp³-hybridized carbons (Fsp3) is 0.312. The Kier molecular flexibility index (Phi) is 7.83. The zero-order chi connectivity index (χ0) is 17.9. The molecule has 0 unspecified atom stereocenters. The Morgan fingerprint density at radius 1 is 0.875 bits per heavy atom. The predicted octanol–water partition coefficient (Wildman–Crippen LogP) is 0.976. The third-order valence-corrected chi connectivity index (χ3v) is 2.73. The lowest BCUT2D eigenvalue weighted by Gasteiger charge is -2.12. The van der Waals surface area contributed by atoms with E-state index in [2.05, 4.69) is 14.2 Å². The van der Waals surface area contributed by atoms with E-state index in [9.17, 15) is 14.4 Å². The first-order valence-corrected chi connectivity index (χ1v) is 6.79. The standard InChI is InChI=1S/C16H18O8/c1-20-14(17)7-5-11-4-6-12(23-9-15(18)21-2)13(8-11)24-10-16(19)22-3/h4-8H,9-10H2,1-3H3/b7-5+. The second-order valence-corrected chi connectivity index (χ2v) is 4.29. The summed E-state index contributed by atoms with van der Waals surface area (Å²) in [6, 6.07) is 4.71. The highest BCUT2D eigenvalue weighted by Crippen LogP contribution is 2.29. The van der Waals surface area contributed by atoms with Gasteiger partial charge in [0.05, 0.1) is 21.3 Å². The fourth-order valence-electron chi connectivity index (χ4n) is 1.48. The van der Waals surface area contributed by atoms with Crippen LogP contribution in [0.15, 0.2) is 24.3 Å². The maximum Gasteiger partial charge on any atom is 0.343 e. The van der Waals surface area contributed by atoms with Gasteiger partial charge in [0.25, 0.3) is 0 Å². The van der Waals surface area contributed by atoms with E-state index in [0.717, 1.165) is 0 Å². The van der Waals surface area contributed by atoms with Crippen LogP contribution in [0, 0.1) is 0 Å². The van der Waals surface area contributed by atoms with Gasteiger partial charge in [0.2, 0.25) is 0 Å². The van der Waals surface area contributed by atoms with Gasteiger partial charge in [-0.3, -0.25) is 0 Å². The van der Waals surface area contributed by atoms with Crippen molar-refractivity contribution >= 4 is 24.0 Å². The first-order valence-electron chi connectivity index (χ1n) is 6.79. The van der Waals surface area contributed by atoms with E-state index >= 15 is 0 Å². The molecule has 8 nitrogen and oxygen atoms in total. The second-order valence-electron chi connectivity index (χ2n) is 4.29. The molecular weight excluding hydrogens is 320 g/mol. The zero-order valence-corrected chi connectivity index (χ0v) is 13.6. The lowest BCUT2D eigenvalue weighted by molar-refractivity contribution is -0.144. The summed E-state index contributed by atoms with van der Waals surface area (Å²) in [5.41, 5.74) is 0.602. The number of rotatable bonds is 8. The molecule has 0 aliphatic rings. The zero-order valence-electron chi connectivity index (χ0n) is 13.6. The summed E-state index contributed by atoms with van der Waals surface area (Å²) < 4.78 is 24.1. The smallest absolute Gasteiger partial charge is 0.343 e. The highest BCUT2D eigenvalue weighted by molar-refractivity contribution is 5.87. The molecule has 8 heteroatoms. The summed E-state index contributed by atoms with van der Waals surface area (Å²) in [5, 5.41) is 0. The topological polar surface area (TPSA) is 97.4 Å². The molecule has 0 N–H and O–H groups in total. The van der Waals surface area contributed by atoms with Gasteiger partial charge in [-0.05, 0) is 23.8 Å². The van der Waals surface area contributed by atoms with Crippen molar-refractivity contribution in [3.05, 3.63) is 29.8 Å². The third kappa shape index (κ3) is 6.39. The lowest BCUT2D eigenvalue weighted by atomic mass is 10.2. The van der Waals surface area contributed by atoms with Gasteiger partial charge in [0, 0.05) is 6.08 Å². The molecule has 0 radical (unpaired) electrons. The maximum absolute atomic E-state index is 11.2. The quantitative estimate of drug-likeness (QED) is 0.393. The van der Waals surface area contributed by atoms with Gasteiger partial charge in [-0.1, -0.05) is 6.07 Å². The van der Waals surface area contributed by atoms with Crippen molar-refractivity contribution in [2.24, 2.45) is 0 Å². The molecule has 0 aliphatic heterocycles. The average molecular weight is 338 g/mol. The van der Waals surface area contributed by atoms with Gasteiger partial charge < -0.3 is 23.7 Å². The molecule has 0 amide bonds. The number of methoxy groups -OCH3 is 3. The number of hydrogen-bond acceptors (Lipinski definition) is 8. The van der Waals surface area contributed by atoms with Gasteiger partial charge in [-0.25, -0.2) is 14.4 Å². The minimum atomic E-state index is -0.579. The molecule has 24 heavy (non-hydrogen) atoms. The fourth-order valence-corrected chi connectivity index (χ4v) is 1.48. The summed E-state index contributed by atoms with van der Waals surface area (Å²) in [5.74, 6) is -1.22. The highest BCUT2D eigenvalue weighted by atomic mass is 16.6. The molecule has 0 atom stereocenters. The van der Waals surface area contributed by atoms with E-state index in [-0.39, 0.29) is 24.7 Å². The van der Waals surface area contributed by atoms with E-state index in [1.807, 2.05) is 0 Å². The van der Waals surface area contributed by atoms with Gasteiger partial charge in [-0.15, -0.1) is 0 Å². The van der Waals surface area contributed by atoms with Crippen LogP contribution in [0.2, 0.25) is 0 Å². The maximum atomic E-state index is 11.2. The van der Waals surface area contributed by atoms with Crippen molar-refractivity contribution < 1.29 is 38.1 Å². The predicted molar refractivity (Wildman–Crippen MR) is 82.5 cm³/mol. The van der Waals surface area contributed by atoms with Crippen LogP contribution in [0.1, 0.15) is 5.56 Å². The molecular formula is C16H18O8. The molecule has 0 aliphatic carbocycles. The molecule has 1 rings (SSSR count). The molecule has 1 aromatic carbocycles. The minimum absolute atomic E-state index is 0.205. The molecule has 1 aromatic rings. The molecule has 0 aromatic heterocycles. The van der Waals surface area contributed by atoms with E-state index in [1.165, 1.54) is 45.6 Å². The van der Waals surface area contributed by atoms with Gasteiger partial charge >= 0.3 is 17.9 Å². The van der Waals surface area contributed by atoms with E-state index in [4.69, 9.17) is 9.47 Å². The van der Waals surface area contributed by atoms with E-state index in [1.54, 1.807) is 6.07 Å². The van der Waals surface area contributed by atoms with Crippen molar-refractivity contribution in [2.45, 2.75) is 0 Å². The first-order chi connectivity index (χ1) is 11.5. The monoisotopic (exact) mass is 338 g/mol. The minimum Gasteiger partial charge on any atom is -0.478 e. The number of carbonyl (C=O) groups is 3. The summed E-state index contributed by atoms with van der Waals surface area (Å²) in [6.07, 6.45) is 2.73. The van der Waals surface area contributed by atoms with Crippen LogP contribution >= 0.6 is 0 Å². The van der Waals surface area contributed by atoms with Crippen molar-refractivity contribution in [1.82, 2.24) is 0 Å². The first kappa shape index (κ1) is 19.0. The average Bonchev–Trinajstić information content (AvgIpc) is 2.62. The summed E-state index contributed by atoms with van der Waals surface area (Å²) in [7, 11) is 3.73. The van der Waals surface area contributed by atoms with Crippen LogP contribution in [0.3, 0.4) is 0 Å². The molecule has 0 fully saturated rings. The Balaban J connectivity index is 2.95. The van der Waals surface area contributed by atoms with E-state index < -0.39 is 17.9 Å². The Bertz CT molecular complexity index is 621. The van der Waals surface area contributed by atoms with Gasteiger partial charge in [0.1, 0.15) is 0 Å². The molecule has 0 bridgehead atoms. The van der Waals surface area contributed by atoms with Crippen molar-refractivity contribution in [3.8, 4) is 11.5 Å². The van der Waals surface area contributed by atoms with Crippen LogP contribution in [-0.4, -0.2) is 52.5 Å². The number of ether oxygens (including phenoxy) is 5. The van der Waals surface area contributed by atoms with Gasteiger partial charge in [0.15, 0.2) is 24.7 Å². The Hall–Kier alpha value is -3.03. The number of esters is 3. The Labute approximate surface area is 138 Å². The SMILES string of the molecule is COC(=O)/C=C/c1ccc(OCC(=O)OC)c(OCC(=O)OC)c1. The van der Waals surface area contributed by atoms with Crippen LogP contribution in [-0.2, 0) is 28.6 Å².